The van der Waals surface area contributed by atoms with E-state index in [1.807, 2.05) is 60.7 Å². The van der Waals surface area contributed by atoms with E-state index in [-0.39, 0.29) is 36.5 Å². The van der Waals surface area contributed by atoms with Crippen LogP contribution >= 0.6 is 0 Å². The molecule has 2 aromatic carbocycles. The lowest BCUT2D eigenvalue weighted by atomic mass is 9.90. The zero-order valence-electron chi connectivity index (χ0n) is 21.7. The molecule has 2 saturated heterocycles. The van der Waals surface area contributed by atoms with Crippen molar-refractivity contribution in [2.45, 2.75) is 69.5 Å². The molecule has 0 bridgehead atoms. The Hall–Kier alpha value is -3.52. The Bertz CT molecular complexity index is 1100. The number of carbonyl (C=O) groups is 4. The van der Waals surface area contributed by atoms with Gasteiger partial charge in [0.2, 0.25) is 11.8 Å². The molecular weight excluding hydrogens is 482 g/mol. The van der Waals surface area contributed by atoms with Crippen LogP contribution in [0.25, 0.3) is 0 Å². The van der Waals surface area contributed by atoms with Crippen LogP contribution in [0.2, 0.25) is 0 Å². The number of likely N-dealkylation sites (tertiary alicyclic amines) is 1. The Labute approximate surface area is 223 Å². The fourth-order valence-electron chi connectivity index (χ4n) is 5.58. The number of hydrogen-bond donors (Lipinski definition) is 3. The van der Waals surface area contributed by atoms with E-state index in [4.69, 9.17) is 0 Å². The summed E-state index contributed by atoms with van der Waals surface area (Å²) in [5, 5.41) is 15.9. The second-order valence-electron chi connectivity index (χ2n) is 10.4. The second kappa shape index (κ2) is 13.3. The van der Waals surface area contributed by atoms with E-state index in [9.17, 15) is 24.3 Å². The summed E-state index contributed by atoms with van der Waals surface area (Å²) in [6.45, 7) is 1.19. The minimum Gasteiger partial charge on any atom is -0.480 e. The molecule has 0 radical (unpaired) electrons. The predicted molar refractivity (Wildman–Crippen MR) is 143 cm³/mol. The molecule has 2 aliphatic rings. The van der Waals surface area contributed by atoms with Crippen molar-refractivity contribution in [1.82, 2.24) is 15.5 Å². The summed E-state index contributed by atoms with van der Waals surface area (Å²) in [5.74, 6) is -2.17. The molecule has 0 saturated carbocycles. The molecule has 8 heteroatoms. The maximum absolute atomic E-state index is 13.6. The van der Waals surface area contributed by atoms with Crippen LogP contribution in [0.15, 0.2) is 60.7 Å². The van der Waals surface area contributed by atoms with Gasteiger partial charge in [0.15, 0.2) is 0 Å². The Morgan fingerprint density at radius 2 is 1.55 bits per heavy atom. The molecule has 3 N–H and O–H groups in total. The maximum Gasteiger partial charge on any atom is 0.326 e. The van der Waals surface area contributed by atoms with Crippen LogP contribution in [-0.2, 0) is 32.0 Å². The minimum absolute atomic E-state index is 0.000590. The number of nitrogens with one attached hydrogen (secondary N) is 2. The van der Waals surface area contributed by atoms with Gasteiger partial charge in [-0.25, -0.2) is 4.79 Å². The maximum atomic E-state index is 13.6. The number of benzene rings is 2. The molecule has 0 aromatic heterocycles. The van der Waals surface area contributed by atoms with Crippen molar-refractivity contribution < 1.29 is 24.3 Å². The first-order valence-electron chi connectivity index (χ1n) is 13.6. The molecule has 4 atom stereocenters. The van der Waals surface area contributed by atoms with Gasteiger partial charge < -0.3 is 20.6 Å². The molecule has 0 aliphatic carbocycles. The summed E-state index contributed by atoms with van der Waals surface area (Å²) in [6.07, 6.45) is 3.74. The van der Waals surface area contributed by atoms with E-state index in [1.54, 1.807) is 0 Å². The van der Waals surface area contributed by atoms with Crippen molar-refractivity contribution in [2.24, 2.45) is 5.92 Å². The zero-order chi connectivity index (χ0) is 26.9. The Morgan fingerprint density at radius 1 is 0.895 bits per heavy atom. The average Bonchev–Trinajstić information content (AvgIpc) is 3.62. The fraction of sp³-hybridized carbons (Fsp3) is 0.467. The van der Waals surface area contributed by atoms with E-state index in [1.165, 1.54) is 4.90 Å². The van der Waals surface area contributed by atoms with Gasteiger partial charge in [-0.15, -0.1) is 0 Å². The third kappa shape index (κ3) is 7.51. The fourth-order valence-corrected chi connectivity index (χ4v) is 5.58. The highest BCUT2D eigenvalue weighted by Gasteiger charge is 2.38. The third-order valence-electron chi connectivity index (χ3n) is 7.49. The summed E-state index contributed by atoms with van der Waals surface area (Å²) < 4.78 is 0. The van der Waals surface area contributed by atoms with Gasteiger partial charge in [0, 0.05) is 31.3 Å². The highest BCUT2D eigenvalue weighted by atomic mass is 16.4. The monoisotopic (exact) mass is 519 g/mol. The van der Waals surface area contributed by atoms with Crippen molar-refractivity contribution in [3.8, 4) is 0 Å². The van der Waals surface area contributed by atoms with Gasteiger partial charge >= 0.3 is 5.97 Å². The molecule has 2 heterocycles. The number of aliphatic carboxylic acids is 1. The first-order valence-corrected chi connectivity index (χ1v) is 13.6. The van der Waals surface area contributed by atoms with Crippen molar-refractivity contribution in [1.29, 1.82) is 0 Å². The number of nitrogens with zero attached hydrogens (tertiary/aromatic N) is 1. The predicted octanol–water partition coefficient (Wildman–Crippen LogP) is 2.75. The molecule has 2 fully saturated rings. The number of Topliss-reactive ketones (excluding diaryl/α,β-unsaturated/α-hetero) is 1. The lowest BCUT2D eigenvalue weighted by Gasteiger charge is -2.27. The number of carboxylic acids is 1. The van der Waals surface area contributed by atoms with Crippen molar-refractivity contribution >= 4 is 23.6 Å². The highest BCUT2D eigenvalue weighted by molar-refractivity contribution is 5.90. The molecule has 0 unspecified atom stereocenters. The van der Waals surface area contributed by atoms with Crippen LogP contribution in [0.4, 0.5) is 0 Å². The minimum atomic E-state index is -1.01. The number of rotatable bonds is 12. The van der Waals surface area contributed by atoms with Crippen LogP contribution in [0.5, 0.6) is 0 Å². The number of ketones is 1. The van der Waals surface area contributed by atoms with E-state index >= 15 is 0 Å². The highest BCUT2D eigenvalue weighted by Crippen LogP contribution is 2.24. The van der Waals surface area contributed by atoms with Crippen LogP contribution in [0.3, 0.4) is 0 Å². The zero-order valence-corrected chi connectivity index (χ0v) is 21.7. The summed E-state index contributed by atoms with van der Waals surface area (Å²) in [6, 6.07) is 17.7. The van der Waals surface area contributed by atoms with Gasteiger partial charge in [-0.3, -0.25) is 14.4 Å². The lowest BCUT2D eigenvalue weighted by molar-refractivity contribution is -0.150. The van der Waals surface area contributed by atoms with Crippen molar-refractivity contribution in [3.05, 3.63) is 71.8 Å². The van der Waals surface area contributed by atoms with E-state index in [2.05, 4.69) is 10.6 Å². The normalized spacial score (nSPS) is 20.6. The molecule has 0 spiro atoms. The average molecular weight is 520 g/mol. The van der Waals surface area contributed by atoms with Gasteiger partial charge in [-0.1, -0.05) is 60.7 Å². The van der Waals surface area contributed by atoms with Crippen LogP contribution in [0.1, 0.15) is 49.7 Å². The van der Waals surface area contributed by atoms with E-state index in [0.29, 0.717) is 32.2 Å². The van der Waals surface area contributed by atoms with E-state index in [0.717, 1.165) is 30.5 Å². The van der Waals surface area contributed by atoms with Crippen LogP contribution in [0, 0.1) is 5.92 Å². The molecule has 38 heavy (non-hydrogen) atoms. The third-order valence-corrected chi connectivity index (χ3v) is 7.49. The number of carbonyl (C=O) groups excluding carboxylic acids is 3. The molecule has 2 aromatic rings. The number of carboxylic acid groups (broad SMARTS) is 1. The van der Waals surface area contributed by atoms with Crippen LogP contribution < -0.4 is 10.6 Å². The first-order chi connectivity index (χ1) is 18.4. The van der Waals surface area contributed by atoms with Gasteiger partial charge in [0.25, 0.3) is 0 Å². The molecular formula is C30H37N3O5. The van der Waals surface area contributed by atoms with Gasteiger partial charge in [0.1, 0.15) is 11.8 Å². The number of hydrogen-bond acceptors (Lipinski definition) is 5. The Balaban J connectivity index is 1.48. The summed E-state index contributed by atoms with van der Waals surface area (Å²) in [7, 11) is 0. The molecule has 2 aliphatic heterocycles. The Kier molecular flexibility index (Phi) is 9.65. The smallest absolute Gasteiger partial charge is 0.326 e. The van der Waals surface area contributed by atoms with Crippen LogP contribution in [-0.4, -0.2) is 64.8 Å². The van der Waals surface area contributed by atoms with Gasteiger partial charge in [-0.05, 0) is 56.2 Å². The summed E-state index contributed by atoms with van der Waals surface area (Å²) in [5.41, 5.74) is 1.94. The van der Waals surface area contributed by atoms with E-state index < -0.39 is 24.0 Å². The molecule has 4 rings (SSSR count). The first kappa shape index (κ1) is 27.5. The largest absolute Gasteiger partial charge is 0.480 e. The summed E-state index contributed by atoms with van der Waals surface area (Å²) >= 11 is 0. The quantitative estimate of drug-likeness (QED) is 0.397. The van der Waals surface area contributed by atoms with Crippen molar-refractivity contribution in [3.63, 3.8) is 0 Å². The molecule has 8 nitrogen and oxygen atoms in total. The topological polar surface area (TPSA) is 116 Å². The molecule has 202 valence electrons. The number of amides is 2. The van der Waals surface area contributed by atoms with Crippen molar-refractivity contribution in [2.75, 3.05) is 13.1 Å². The molecule has 2 amide bonds. The summed E-state index contributed by atoms with van der Waals surface area (Å²) in [4.78, 5) is 53.0. The second-order valence-corrected chi connectivity index (χ2v) is 10.4. The van der Waals surface area contributed by atoms with Gasteiger partial charge in [0.05, 0.1) is 6.04 Å². The standard InChI is InChI=1S/C30H37N3O5/c34-25(20-24(18-22-11-5-2-6-12-22)32-28(35)26-13-7-15-31-26)19-23(17-21-9-3-1-4-10-21)29(36)33-16-8-14-27(33)30(37)38/h1-6,9-12,23-24,26-27,31H,7-8,13-20H2,(H,32,35)(H,37,38)/t23-,24-,26-,27-/m0/s1. The Morgan fingerprint density at radius 3 is 2.16 bits per heavy atom. The van der Waals surface area contributed by atoms with Gasteiger partial charge in [-0.2, -0.15) is 0 Å². The SMILES string of the molecule is O=C(C[C@H](Cc1ccccc1)NC(=O)[C@@H]1CCCN1)C[C@H](Cc1ccccc1)C(=O)N1CCC[C@H]1C(=O)O. The lowest BCUT2D eigenvalue weighted by Crippen LogP contribution is -2.47.